The lowest BCUT2D eigenvalue weighted by Crippen LogP contribution is -2.59. The van der Waals surface area contributed by atoms with Crippen LogP contribution in [-0.2, 0) is 15.2 Å². The molecule has 0 spiro atoms. The van der Waals surface area contributed by atoms with Crippen LogP contribution in [-0.4, -0.2) is 53.8 Å². The van der Waals surface area contributed by atoms with Gasteiger partial charge in [-0.25, -0.2) is 23.1 Å². The SMILES string of the molecule is CC1(C)CC(N=C(NS(=O)(=O)c2ccc(Cl)cc2)N2CC(c3ccccc3)C(c3ccc(Cl)cc3)=N2)CC(C)(C)N1[O]. The first-order valence-electron chi connectivity index (χ1n) is 13.8. The van der Waals surface area contributed by atoms with Gasteiger partial charge in [0.25, 0.3) is 10.0 Å². The van der Waals surface area contributed by atoms with Crippen LogP contribution in [0.5, 0.6) is 0 Å². The van der Waals surface area contributed by atoms with Gasteiger partial charge < -0.3 is 0 Å². The molecule has 2 aliphatic rings. The zero-order chi connectivity index (χ0) is 30.3. The number of nitrogens with zero attached hydrogens (tertiary/aromatic N) is 4. The number of hydrazone groups is 1. The van der Waals surface area contributed by atoms with Crippen LogP contribution in [0.15, 0.2) is 93.9 Å². The fourth-order valence-electron chi connectivity index (χ4n) is 5.88. The highest BCUT2D eigenvalue weighted by Gasteiger charge is 2.46. The van der Waals surface area contributed by atoms with Gasteiger partial charge in [-0.15, -0.1) is 10.3 Å². The number of sulfonamides is 1. The average Bonchev–Trinajstić information content (AvgIpc) is 3.38. The van der Waals surface area contributed by atoms with E-state index in [1.54, 1.807) is 5.01 Å². The summed E-state index contributed by atoms with van der Waals surface area (Å²) >= 11 is 12.2. The maximum Gasteiger partial charge on any atom is 0.264 e. The molecule has 221 valence electrons. The molecule has 3 aromatic carbocycles. The molecule has 1 N–H and O–H groups in total. The molecule has 3 aromatic rings. The normalized spacial score (nSPS) is 21.3. The van der Waals surface area contributed by atoms with Crippen molar-refractivity contribution in [2.24, 2.45) is 10.1 Å². The second kappa shape index (κ2) is 11.6. The highest BCUT2D eigenvalue weighted by Crippen LogP contribution is 2.39. The smallest absolute Gasteiger partial charge is 0.248 e. The molecule has 1 radical (unpaired) electrons. The largest absolute Gasteiger partial charge is 0.264 e. The van der Waals surface area contributed by atoms with Crippen LogP contribution in [0.25, 0.3) is 0 Å². The van der Waals surface area contributed by atoms with Gasteiger partial charge >= 0.3 is 0 Å². The van der Waals surface area contributed by atoms with E-state index in [1.165, 1.54) is 24.3 Å². The summed E-state index contributed by atoms with van der Waals surface area (Å²) in [6, 6.07) is 23.0. The van der Waals surface area contributed by atoms with E-state index < -0.39 is 21.1 Å². The van der Waals surface area contributed by atoms with Gasteiger partial charge in [-0.05, 0) is 88.1 Å². The van der Waals surface area contributed by atoms with Crippen molar-refractivity contribution >= 4 is 44.9 Å². The van der Waals surface area contributed by atoms with E-state index in [1.807, 2.05) is 82.3 Å². The van der Waals surface area contributed by atoms with Crippen molar-refractivity contribution in [3.63, 3.8) is 0 Å². The van der Waals surface area contributed by atoms with E-state index in [0.717, 1.165) is 21.9 Å². The van der Waals surface area contributed by atoms with Crippen LogP contribution < -0.4 is 4.72 Å². The Hall–Kier alpha value is -2.95. The predicted molar refractivity (Wildman–Crippen MR) is 167 cm³/mol. The highest BCUT2D eigenvalue weighted by atomic mass is 35.5. The van der Waals surface area contributed by atoms with Crippen LogP contribution in [0.4, 0.5) is 0 Å². The van der Waals surface area contributed by atoms with Crippen molar-refractivity contribution in [3.8, 4) is 0 Å². The van der Waals surface area contributed by atoms with E-state index in [0.29, 0.717) is 29.4 Å². The fourth-order valence-corrected chi connectivity index (χ4v) is 7.14. The third kappa shape index (κ3) is 6.50. The van der Waals surface area contributed by atoms with Gasteiger partial charge in [0.2, 0.25) is 5.96 Å². The Kier molecular flexibility index (Phi) is 8.44. The predicted octanol–water partition coefficient (Wildman–Crippen LogP) is 6.50. The van der Waals surface area contributed by atoms with Crippen LogP contribution >= 0.6 is 23.2 Å². The minimum absolute atomic E-state index is 0.0512. The average molecular weight is 628 g/mol. The summed E-state index contributed by atoms with van der Waals surface area (Å²) in [7, 11) is -4.04. The number of benzene rings is 3. The van der Waals surface area contributed by atoms with E-state index in [4.69, 9.17) is 33.3 Å². The molecular weight excluding hydrogens is 593 g/mol. The summed E-state index contributed by atoms with van der Waals surface area (Å²) in [6.07, 6.45) is 0.908. The van der Waals surface area contributed by atoms with E-state index in [2.05, 4.69) is 4.72 Å². The topological polar surface area (TPSA) is 97.3 Å². The van der Waals surface area contributed by atoms with Gasteiger partial charge in [0.1, 0.15) is 0 Å². The Balaban J connectivity index is 1.59. The lowest BCUT2D eigenvalue weighted by molar-refractivity contribution is -0.288. The second-order valence-electron chi connectivity index (χ2n) is 12.0. The Labute approximate surface area is 257 Å². The van der Waals surface area contributed by atoms with Crippen molar-refractivity contribution in [3.05, 3.63) is 100 Å². The first kappa shape index (κ1) is 30.5. The summed E-state index contributed by atoms with van der Waals surface area (Å²) < 4.78 is 30.0. The second-order valence-corrected chi connectivity index (χ2v) is 14.6. The van der Waals surface area contributed by atoms with Crippen molar-refractivity contribution < 1.29 is 13.6 Å². The van der Waals surface area contributed by atoms with Crippen LogP contribution in [0.3, 0.4) is 0 Å². The van der Waals surface area contributed by atoms with Crippen LogP contribution in [0.2, 0.25) is 10.0 Å². The number of aliphatic imine (C=N–C) groups is 1. The Bertz CT molecular complexity index is 1570. The van der Waals surface area contributed by atoms with Crippen LogP contribution in [0.1, 0.15) is 57.6 Å². The maximum atomic E-state index is 13.6. The molecule has 0 saturated carbocycles. The summed E-state index contributed by atoms with van der Waals surface area (Å²) in [6.45, 7) is 7.91. The van der Waals surface area contributed by atoms with E-state index >= 15 is 0 Å². The molecule has 1 unspecified atom stereocenters. The van der Waals surface area contributed by atoms with Crippen molar-refractivity contribution in [1.82, 2.24) is 14.8 Å². The molecule has 0 amide bonds. The molecule has 8 nitrogen and oxygen atoms in total. The molecule has 2 heterocycles. The van der Waals surface area contributed by atoms with Crippen molar-refractivity contribution in [1.29, 1.82) is 0 Å². The van der Waals surface area contributed by atoms with E-state index in [-0.39, 0.29) is 22.8 Å². The highest BCUT2D eigenvalue weighted by molar-refractivity contribution is 7.90. The molecule has 0 aliphatic carbocycles. The fraction of sp³-hybridized carbons (Fsp3) is 0.355. The number of guanidine groups is 1. The first-order valence-corrected chi connectivity index (χ1v) is 16.0. The summed E-state index contributed by atoms with van der Waals surface area (Å²) in [4.78, 5) is 5.03. The molecular formula is C31H34Cl2N5O3S. The molecule has 11 heteroatoms. The van der Waals surface area contributed by atoms with Gasteiger partial charge in [0.05, 0.1) is 23.2 Å². The number of halogens is 2. The summed E-state index contributed by atoms with van der Waals surface area (Å²) in [5.41, 5.74) is 1.30. The number of nitrogens with one attached hydrogen (secondary N) is 1. The monoisotopic (exact) mass is 626 g/mol. The number of hydroxylamine groups is 2. The van der Waals surface area contributed by atoms with Crippen molar-refractivity contribution in [2.45, 2.75) is 68.5 Å². The third-order valence-electron chi connectivity index (χ3n) is 7.72. The minimum Gasteiger partial charge on any atom is -0.248 e. The number of hydrogen-bond acceptors (Lipinski definition) is 5. The van der Waals surface area contributed by atoms with Gasteiger partial charge in [-0.3, -0.25) is 0 Å². The molecule has 1 fully saturated rings. The lowest BCUT2D eigenvalue weighted by Gasteiger charge is -2.49. The Morgan fingerprint density at radius 1 is 0.881 bits per heavy atom. The lowest BCUT2D eigenvalue weighted by atomic mass is 9.79. The standard InChI is InChI=1S/C31H34Cl2N5O3S/c1-30(2)18-25(19-31(3,4)38(30)39)34-29(36-42(40,41)26-16-14-24(33)15-17-26)37-20-27(21-8-6-5-7-9-21)28(35-37)22-10-12-23(32)13-11-22/h5-17,25,27H,18-20H2,1-4H3,(H,34,36). The molecule has 1 atom stereocenters. The molecule has 0 aromatic heterocycles. The van der Waals surface area contributed by atoms with Gasteiger partial charge in [-0.2, -0.15) is 5.10 Å². The van der Waals surface area contributed by atoms with E-state index in [9.17, 15) is 13.6 Å². The molecule has 1 saturated heterocycles. The molecule has 2 aliphatic heterocycles. The Morgan fingerprint density at radius 2 is 1.43 bits per heavy atom. The third-order valence-corrected chi connectivity index (χ3v) is 9.57. The van der Waals surface area contributed by atoms with Gasteiger partial charge in [-0.1, -0.05) is 65.7 Å². The zero-order valence-electron chi connectivity index (χ0n) is 24.0. The Morgan fingerprint density at radius 3 is 2.00 bits per heavy atom. The number of hydrogen-bond donors (Lipinski definition) is 1. The van der Waals surface area contributed by atoms with Gasteiger partial charge in [0, 0.05) is 27.0 Å². The molecule has 42 heavy (non-hydrogen) atoms. The summed E-state index contributed by atoms with van der Waals surface area (Å²) in [5, 5.41) is 21.8. The van der Waals surface area contributed by atoms with Crippen LogP contribution in [0, 0.1) is 0 Å². The van der Waals surface area contributed by atoms with Gasteiger partial charge in [0.15, 0.2) is 0 Å². The maximum absolute atomic E-state index is 13.6. The minimum atomic E-state index is -4.04. The number of rotatable bonds is 5. The van der Waals surface area contributed by atoms with Crippen molar-refractivity contribution in [2.75, 3.05) is 6.54 Å². The quantitative estimate of drug-likeness (QED) is 0.258. The molecule has 0 bridgehead atoms. The molecule has 5 rings (SSSR count). The zero-order valence-corrected chi connectivity index (χ0v) is 26.3. The first-order chi connectivity index (χ1) is 19.7. The summed E-state index contributed by atoms with van der Waals surface area (Å²) in [5.74, 6) is -0.0558. The number of piperidine rings is 1.